The summed E-state index contributed by atoms with van der Waals surface area (Å²) in [6, 6.07) is 3.88. The molecule has 0 spiro atoms. The SMILES string of the molecule is CCC1CCCC(NCc2cc(Cl)cc(Cl)c2O)C1. The van der Waals surface area contributed by atoms with Crippen LogP contribution < -0.4 is 5.32 Å². The molecule has 4 heteroatoms. The highest BCUT2D eigenvalue weighted by atomic mass is 35.5. The molecule has 1 aliphatic rings. The largest absolute Gasteiger partial charge is 0.506 e. The molecule has 1 fully saturated rings. The number of hydrogen-bond donors (Lipinski definition) is 2. The van der Waals surface area contributed by atoms with Crippen LogP contribution in [0.15, 0.2) is 12.1 Å². The van der Waals surface area contributed by atoms with Gasteiger partial charge in [0.2, 0.25) is 0 Å². The molecule has 0 amide bonds. The van der Waals surface area contributed by atoms with E-state index in [1.165, 1.54) is 32.1 Å². The van der Waals surface area contributed by atoms with Crippen molar-refractivity contribution < 1.29 is 5.11 Å². The van der Waals surface area contributed by atoms with E-state index >= 15 is 0 Å². The fraction of sp³-hybridized carbons (Fsp3) is 0.600. The second-order valence-corrected chi connectivity index (χ2v) is 6.26. The minimum Gasteiger partial charge on any atom is -0.506 e. The van der Waals surface area contributed by atoms with Crippen LogP contribution in [-0.2, 0) is 6.54 Å². The van der Waals surface area contributed by atoms with Gasteiger partial charge >= 0.3 is 0 Å². The molecular formula is C15H21Cl2NO. The smallest absolute Gasteiger partial charge is 0.138 e. The Hall–Kier alpha value is -0.440. The maximum Gasteiger partial charge on any atom is 0.138 e. The average molecular weight is 302 g/mol. The van der Waals surface area contributed by atoms with Gasteiger partial charge in [-0.3, -0.25) is 0 Å². The van der Waals surface area contributed by atoms with Crippen LogP contribution in [0, 0.1) is 5.92 Å². The third-order valence-electron chi connectivity index (χ3n) is 4.05. The molecule has 2 N–H and O–H groups in total. The van der Waals surface area contributed by atoms with Gasteiger partial charge in [-0.25, -0.2) is 0 Å². The van der Waals surface area contributed by atoms with Gasteiger partial charge in [0.15, 0.2) is 0 Å². The number of phenols is 1. The predicted molar refractivity (Wildman–Crippen MR) is 81.0 cm³/mol. The topological polar surface area (TPSA) is 32.3 Å². The zero-order valence-corrected chi connectivity index (χ0v) is 12.8. The average Bonchev–Trinajstić information content (AvgIpc) is 2.41. The van der Waals surface area contributed by atoms with E-state index in [0.29, 0.717) is 22.6 Å². The lowest BCUT2D eigenvalue weighted by Gasteiger charge is -2.29. The Morgan fingerprint density at radius 3 is 2.84 bits per heavy atom. The standard InChI is InChI=1S/C15H21Cl2NO/c1-2-10-4-3-5-13(6-10)18-9-11-7-12(16)8-14(17)15(11)19/h7-8,10,13,18-19H,2-6,9H2,1H3. The third kappa shape index (κ3) is 4.01. The molecule has 1 aromatic rings. The normalized spacial score (nSPS) is 23.5. The number of halogens is 2. The van der Waals surface area contributed by atoms with Gasteiger partial charge in [-0.15, -0.1) is 0 Å². The summed E-state index contributed by atoms with van der Waals surface area (Å²) in [5.74, 6) is 0.976. The van der Waals surface area contributed by atoms with Gasteiger partial charge in [0, 0.05) is 23.2 Å². The number of benzene rings is 1. The maximum atomic E-state index is 9.92. The summed E-state index contributed by atoms with van der Waals surface area (Å²) in [5.41, 5.74) is 0.774. The van der Waals surface area contributed by atoms with Crippen LogP contribution in [0.5, 0.6) is 5.75 Å². The van der Waals surface area contributed by atoms with Gasteiger partial charge in [0.1, 0.15) is 5.75 Å². The van der Waals surface area contributed by atoms with Crippen molar-refractivity contribution in [2.24, 2.45) is 5.92 Å². The van der Waals surface area contributed by atoms with Crippen molar-refractivity contribution in [3.05, 3.63) is 27.7 Å². The van der Waals surface area contributed by atoms with E-state index in [1.807, 2.05) is 0 Å². The van der Waals surface area contributed by atoms with Gasteiger partial charge in [0.05, 0.1) is 5.02 Å². The van der Waals surface area contributed by atoms with Crippen LogP contribution in [0.3, 0.4) is 0 Å². The van der Waals surface area contributed by atoms with Crippen molar-refractivity contribution in [3.63, 3.8) is 0 Å². The number of phenolic OH excluding ortho intramolecular Hbond substituents is 1. The zero-order valence-electron chi connectivity index (χ0n) is 11.3. The van der Waals surface area contributed by atoms with Crippen LogP contribution in [0.2, 0.25) is 10.0 Å². The molecule has 0 aliphatic heterocycles. The predicted octanol–water partition coefficient (Wildman–Crippen LogP) is 4.76. The fourth-order valence-electron chi connectivity index (χ4n) is 2.86. The minimum absolute atomic E-state index is 0.140. The van der Waals surface area contributed by atoms with Crippen molar-refractivity contribution >= 4 is 23.2 Å². The van der Waals surface area contributed by atoms with Gasteiger partial charge in [0.25, 0.3) is 0 Å². The first-order valence-corrected chi connectivity index (χ1v) is 7.76. The fourth-order valence-corrected chi connectivity index (χ4v) is 3.39. The summed E-state index contributed by atoms with van der Waals surface area (Å²) in [7, 11) is 0. The first-order chi connectivity index (χ1) is 9.10. The van der Waals surface area contributed by atoms with E-state index in [1.54, 1.807) is 12.1 Å². The second kappa shape index (κ2) is 6.83. The molecule has 1 aromatic carbocycles. The van der Waals surface area contributed by atoms with E-state index < -0.39 is 0 Å². The molecule has 0 bridgehead atoms. The summed E-state index contributed by atoms with van der Waals surface area (Å²) < 4.78 is 0. The number of hydrogen-bond acceptors (Lipinski definition) is 2. The lowest BCUT2D eigenvalue weighted by Crippen LogP contribution is -2.33. The minimum atomic E-state index is 0.140. The second-order valence-electron chi connectivity index (χ2n) is 5.41. The lowest BCUT2D eigenvalue weighted by molar-refractivity contribution is 0.277. The summed E-state index contributed by atoms with van der Waals surface area (Å²) in [6.07, 6.45) is 6.34. The molecule has 106 valence electrons. The Balaban J connectivity index is 1.95. The zero-order chi connectivity index (χ0) is 13.8. The van der Waals surface area contributed by atoms with Crippen LogP contribution in [-0.4, -0.2) is 11.1 Å². The van der Waals surface area contributed by atoms with Crippen LogP contribution >= 0.6 is 23.2 Å². The van der Waals surface area contributed by atoms with Crippen LogP contribution in [0.1, 0.15) is 44.6 Å². The quantitative estimate of drug-likeness (QED) is 0.840. The molecule has 1 saturated carbocycles. The Morgan fingerprint density at radius 2 is 2.11 bits per heavy atom. The first-order valence-electron chi connectivity index (χ1n) is 7.00. The summed E-state index contributed by atoms with van der Waals surface area (Å²) in [5, 5.41) is 14.3. The Kier molecular flexibility index (Phi) is 5.37. The molecule has 2 nitrogen and oxygen atoms in total. The molecule has 1 aliphatic carbocycles. The molecule has 2 unspecified atom stereocenters. The van der Waals surface area contributed by atoms with Crippen LogP contribution in [0.25, 0.3) is 0 Å². The molecule has 2 rings (SSSR count). The molecule has 0 heterocycles. The summed E-state index contributed by atoms with van der Waals surface area (Å²) >= 11 is 11.9. The monoisotopic (exact) mass is 301 g/mol. The highest BCUT2D eigenvalue weighted by Gasteiger charge is 2.20. The number of rotatable bonds is 4. The maximum absolute atomic E-state index is 9.92. The molecule has 19 heavy (non-hydrogen) atoms. The molecule has 0 aromatic heterocycles. The molecular weight excluding hydrogens is 281 g/mol. The Morgan fingerprint density at radius 1 is 1.32 bits per heavy atom. The van der Waals surface area contributed by atoms with Gasteiger partial charge in [-0.05, 0) is 30.9 Å². The Bertz CT molecular complexity index is 436. The highest BCUT2D eigenvalue weighted by Crippen LogP contribution is 2.32. The van der Waals surface area contributed by atoms with Gasteiger partial charge < -0.3 is 10.4 Å². The summed E-state index contributed by atoms with van der Waals surface area (Å²) in [6.45, 7) is 2.88. The van der Waals surface area contributed by atoms with Crippen molar-refractivity contribution in [1.82, 2.24) is 5.32 Å². The Labute approximate surface area is 125 Å². The van der Waals surface area contributed by atoms with Gasteiger partial charge in [-0.2, -0.15) is 0 Å². The van der Waals surface area contributed by atoms with Crippen LogP contribution in [0.4, 0.5) is 0 Å². The van der Waals surface area contributed by atoms with E-state index in [0.717, 1.165) is 11.5 Å². The molecule has 0 saturated heterocycles. The van der Waals surface area contributed by atoms with E-state index in [9.17, 15) is 5.11 Å². The van der Waals surface area contributed by atoms with Crippen molar-refractivity contribution in [2.45, 2.75) is 51.6 Å². The molecule has 0 radical (unpaired) electrons. The highest BCUT2D eigenvalue weighted by molar-refractivity contribution is 6.35. The lowest BCUT2D eigenvalue weighted by atomic mass is 9.84. The number of nitrogens with one attached hydrogen (secondary N) is 1. The number of aromatic hydroxyl groups is 1. The van der Waals surface area contributed by atoms with E-state index in [2.05, 4.69) is 12.2 Å². The summed E-state index contributed by atoms with van der Waals surface area (Å²) in [4.78, 5) is 0. The van der Waals surface area contributed by atoms with Crippen molar-refractivity contribution in [3.8, 4) is 5.75 Å². The first kappa shape index (κ1) is 15.0. The van der Waals surface area contributed by atoms with Crippen molar-refractivity contribution in [1.29, 1.82) is 0 Å². The molecule has 2 atom stereocenters. The third-order valence-corrected chi connectivity index (χ3v) is 4.55. The van der Waals surface area contributed by atoms with Gasteiger partial charge in [-0.1, -0.05) is 49.4 Å². The van der Waals surface area contributed by atoms with E-state index in [4.69, 9.17) is 23.2 Å². The van der Waals surface area contributed by atoms with Crippen molar-refractivity contribution in [2.75, 3.05) is 0 Å². The van der Waals surface area contributed by atoms with E-state index in [-0.39, 0.29) is 5.75 Å².